The molecule has 0 fully saturated rings. The summed E-state index contributed by atoms with van der Waals surface area (Å²) < 4.78 is 10.2. The van der Waals surface area contributed by atoms with Gasteiger partial charge in [-0.3, -0.25) is 4.79 Å². The second kappa shape index (κ2) is 5.57. The first kappa shape index (κ1) is 14.1. The van der Waals surface area contributed by atoms with Crippen molar-refractivity contribution in [2.45, 2.75) is 38.8 Å². The Morgan fingerprint density at radius 2 is 2.17 bits per heavy atom. The lowest BCUT2D eigenvalue weighted by atomic mass is 10.1. The van der Waals surface area contributed by atoms with Gasteiger partial charge in [-0.15, -0.1) is 0 Å². The second-order valence-electron chi connectivity index (χ2n) is 4.81. The van der Waals surface area contributed by atoms with E-state index >= 15 is 0 Å². The van der Waals surface area contributed by atoms with E-state index in [1.807, 2.05) is 0 Å². The van der Waals surface area contributed by atoms with E-state index < -0.39 is 23.7 Å². The van der Waals surface area contributed by atoms with Crippen molar-refractivity contribution in [3.05, 3.63) is 24.2 Å². The van der Waals surface area contributed by atoms with Crippen LogP contribution in [0.1, 0.15) is 39.0 Å². The fourth-order valence-electron chi connectivity index (χ4n) is 1.34. The lowest BCUT2D eigenvalue weighted by Gasteiger charge is -2.22. The van der Waals surface area contributed by atoms with Crippen LogP contribution in [0.15, 0.2) is 22.8 Å². The average molecular weight is 255 g/mol. The average Bonchev–Trinajstić information content (AvgIpc) is 2.64. The Morgan fingerprint density at radius 3 is 2.61 bits per heavy atom. The quantitative estimate of drug-likeness (QED) is 0.861. The van der Waals surface area contributed by atoms with Crippen LogP contribution >= 0.6 is 0 Å². The Hall–Kier alpha value is -1.98. The molecule has 1 atom stereocenters. The highest BCUT2D eigenvalue weighted by Crippen LogP contribution is 2.18. The number of ether oxygens (including phenoxy) is 1. The molecule has 0 spiro atoms. The molecule has 6 heteroatoms. The topological polar surface area (TPSA) is 88.8 Å². The van der Waals surface area contributed by atoms with E-state index in [0.29, 0.717) is 5.76 Å². The fraction of sp³-hybridized carbons (Fsp3) is 0.500. The van der Waals surface area contributed by atoms with Crippen molar-refractivity contribution in [1.82, 2.24) is 5.32 Å². The Morgan fingerprint density at radius 1 is 1.50 bits per heavy atom. The molecule has 1 aromatic heterocycles. The summed E-state index contributed by atoms with van der Waals surface area (Å²) in [6.07, 6.45) is 0.471. The normalized spacial score (nSPS) is 12.8. The number of carbonyl (C=O) groups is 2. The van der Waals surface area contributed by atoms with E-state index in [0.717, 1.165) is 0 Å². The van der Waals surface area contributed by atoms with Crippen molar-refractivity contribution in [2.24, 2.45) is 0 Å². The largest absolute Gasteiger partial charge is 0.481 e. The Kier molecular flexibility index (Phi) is 4.36. The lowest BCUT2D eigenvalue weighted by molar-refractivity contribution is -0.137. The first-order valence-electron chi connectivity index (χ1n) is 5.52. The third-order valence-electron chi connectivity index (χ3n) is 1.96. The van der Waals surface area contributed by atoms with Crippen molar-refractivity contribution in [2.75, 3.05) is 0 Å². The molecule has 0 aromatic carbocycles. The molecule has 1 aromatic rings. The van der Waals surface area contributed by atoms with Crippen molar-refractivity contribution in [3.8, 4) is 0 Å². The Balaban J connectivity index is 2.68. The zero-order valence-corrected chi connectivity index (χ0v) is 10.6. The summed E-state index contributed by atoms with van der Waals surface area (Å²) in [5.74, 6) is -0.657. The maximum atomic E-state index is 11.6. The molecule has 1 amide bonds. The van der Waals surface area contributed by atoms with Crippen molar-refractivity contribution in [3.63, 3.8) is 0 Å². The number of aliphatic carboxylic acids is 1. The molecule has 0 saturated carbocycles. The maximum absolute atomic E-state index is 11.6. The number of hydrogen-bond acceptors (Lipinski definition) is 4. The number of furan rings is 1. The van der Waals surface area contributed by atoms with Crippen LogP contribution in [0.25, 0.3) is 0 Å². The van der Waals surface area contributed by atoms with Crippen LogP contribution in [0.5, 0.6) is 0 Å². The highest BCUT2D eigenvalue weighted by Gasteiger charge is 2.23. The molecule has 6 nitrogen and oxygen atoms in total. The summed E-state index contributed by atoms with van der Waals surface area (Å²) in [6, 6.07) is 2.48. The van der Waals surface area contributed by atoms with Gasteiger partial charge in [0.15, 0.2) is 0 Å². The Bertz CT molecular complexity index is 405. The molecule has 1 heterocycles. The van der Waals surface area contributed by atoms with Crippen molar-refractivity contribution >= 4 is 12.1 Å². The molecular weight excluding hydrogens is 238 g/mol. The standard InChI is InChI=1S/C12H17NO5/c1-12(2,3)18-11(16)13-8(7-10(14)15)9-5-4-6-17-9/h4-6,8H,7H2,1-3H3,(H,13,16)(H,14,15)/t8-/m1/s1. The zero-order valence-electron chi connectivity index (χ0n) is 10.6. The van der Waals surface area contributed by atoms with Gasteiger partial charge >= 0.3 is 12.1 Å². The third-order valence-corrected chi connectivity index (χ3v) is 1.96. The lowest BCUT2D eigenvalue weighted by Crippen LogP contribution is -2.35. The minimum Gasteiger partial charge on any atom is -0.481 e. The van der Waals surface area contributed by atoms with Crippen molar-refractivity contribution < 1.29 is 23.8 Å². The van der Waals surface area contributed by atoms with Crippen LogP contribution in [0, 0.1) is 0 Å². The van der Waals surface area contributed by atoms with Gasteiger partial charge in [-0.05, 0) is 32.9 Å². The molecule has 0 aliphatic rings. The number of rotatable bonds is 4. The number of carboxylic acid groups (broad SMARTS) is 1. The van der Waals surface area contributed by atoms with E-state index in [1.54, 1.807) is 32.9 Å². The van der Waals surface area contributed by atoms with Gasteiger partial charge < -0.3 is 19.6 Å². The van der Waals surface area contributed by atoms with Crippen LogP contribution in [0.4, 0.5) is 4.79 Å². The monoisotopic (exact) mass is 255 g/mol. The van der Waals surface area contributed by atoms with E-state index in [-0.39, 0.29) is 6.42 Å². The summed E-state index contributed by atoms with van der Waals surface area (Å²) in [5, 5.41) is 11.3. The van der Waals surface area contributed by atoms with Gasteiger partial charge in [-0.2, -0.15) is 0 Å². The second-order valence-corrected chi connectivity index (χ2v) is 4.81. The minimum absolute atomic E-state index is 0.271. The van der Waals surface area contributed by atoms with E-state index in [4.69, 9.17) is 14.3 Å². The number of carbonyl (C=O) groups excluding carboxylic acids is 1. The zero-order chi connectivity index (χ0) is 13.8. The molecule has 1 rings (SSSR count). The van der Waals surface area contributed by atoms with E-state index in [9.17, 15) is 9.59 Å². The summed E-state index contributed by atoms with van der Waals surface area (Å²) >= 11 is 0. The van der Waals surface area contributed by atoms with Crippen LogP contribution in [-0.2, 0) is 9.53 Å². The van der Waals surface area contributed by atoms with Gasteiger partial charge in [0.2, 0.25) is 0 Å². The molecule has 0 unspecified atom stereocenters. The third kappa shape index (κ3) is 4.90. The molecular formula is C12H17NO5. The molecule has 0 radical (unpaired) electrons. The predicted octanol–water partition coefficient (Wildman–Crippen LogP) is 2.32. The summed E-state index contributed by atoms with van der Waals surface area (Å²) in [6.45, 7) is 5.18. The molecule has 0 aliphatic carbocycles. The number of hydrogen-bond donors (Lipinski definition) is 2. The molecule has 0 aliphatic heterocycles. The highest BCUT2D eigenvalue weighted by atomic mass is 16.6. The van der Waals surface area contributed by atoms with Crippen LogP contribution < -0.4 is 5.32 Å². The highest BCUT2D eigenvalue weighted by molar-refractivity contribution is 5.71. The van der Waals surface area contributed by atoms with Gasteiger partial charge in [0.1, 0.15) is 17.4 Å². The van der Waals surface area contributed by atoms with Gasteiger partial charge in [0.05, 0.1) is 12.7 Å². The van der Waals surface area contributed by atoms with Crippen LogP contribution in [0.3, 0.4) is 0 Å². The SMILES string of the molecule is CC(C)(C)OC(=O)N[C@H](CC(=O)O)c1ccco1. The number of alkyl carbamates (subject to hydrolysis) is 1. The van der Waals surface area contributed by atoms with Crippen molar-refractivity contribution in [1.29, 1.82) is 0 Å². The summed E-state index contributed by atoms with van der Waals surface area (Å²) in [7, 11) is 0. The first-order valence-corrected chi connectivity index (χ1v) is 5.52. The van der Waals surface area contributed by atoms with E-state index in [2.05, 4.69) is 5.32 Å². The minimum atomic E-state index is -1.03. The van der Waals surface area contributed by atoms with Gasteiger partial charge in [-0.25, -0.2) is 4.79 Å². The number of carboxylic acids is 1. The maximum Gasteiger partial charge on any atom is 0.408 e. The number of amides is 1. The predicted molar refractivity (Wildman–Crippen MR) is 63.1 cm³/mol. The van der Waals surface area contributed by atoms with Crippen LogP contribution in [0.2, 0.25) is 0 Å². The van der Waals surface area contributed by atoms with Gasteiger partial charge in [0.25, 0.3) is 0 Å². The smallest absolute Gasteiger partial charge is 0.408 e. The summed E-state index contributed by atoms with van der Waals surface area (Å²) in [5.41, 5.74) is -0.638. The Labute approximate surface area is 105 Å². The van der Waals surface area contributed by atoms with Gasteiger partial charge in [-0.1, -0.05) is 0 Å². The molecule has 100 valence electrons. The van der Waals surface area contributed by atoms with Gasteiger partial charge in [0, 0.05) is 0 Å². The summed E-state index contributed by atoms with van der Waals surface area (Å²) in [4.78, 5) is 22.3. The van der Waals surface area contributed by atoms with E-state index in [1.165, 1.54) is 6.26 Å². The van der Waals surface area contributed by atoms with Crippen LogP contribution in [-0.4, -0.2) is 22.8 Å². The number of nitrogens with one attached hydrogen (secondary N) is 1. The molecule has 18 heavy (non-hydrogen) atoms. The fourth-order valence-corrected chi connectivity index (χ4v) is 1.34. The first-order chi connectivity index (χ1) is 8.28. The molecule has 0 saturated heterocycles. The molecule has 2 N–H and O–H groups in total. The molecule has 0 bridgehead atoms.